The van der Waals surface area contributed by atoms with Gasteiger partial charge in [-0.1, -0.05) is 44.6 Å². The lowest BCUT2D eigenvalue weighted by Crippen LogP contribution is -2.34. The van der Waals surface area contributed by atoms with Crippen molar-refractivity contribution < 1.29 is 0 Å². The lowest BCUT2D eigenvalue weighted by atomic mass is 9.62. The van der Waals surface area contributed by atoms with Gasteiger partial charge in [0.25, 0.3) is 0 Å². The molecule has 0 saturated heterocycles. The topological polar surface area (TPSA) is 47.6 Å². The second-order valence-electron chi connectivity index (χ2n) is 6.30. The van der Waals surface area contributed by atoms with Crippen molar-refractivity contribution in [1.82, 2.24) is 0 Å². The summed E-state index contributed by atoms with van der Waals surface area (Å²) in [6.45, 7) is 6.48. The minimum absolute atomic E-state index is 0.116. The number of rotatable bonds is 0. The highest BCUT2D eigenvalue weighted by Crippen LogP contribution is 2.62. The maximum absolute atomic E-state index is 9.82. The van der Waals surface area contributed by atoms with Crippen LogP contribution in [0, 0.1) is 39.4 Å². The molecular formula is C17H16N2. The van der Waals surface area contributed by atoms with Crippen LogP contribution in [-0.2, 0) is 0 Å². The van der Waals surface area contributed by atoms with E-state index >= 15 is 0 Å². The van der Waals surface area contributed by atoms with E-state index in [4.69, 9.17) is 0 Å². The molecule has 0 bridgehead atoms. The van der Waals surface area contributed by atoms with E-state index in [0.29, 0.717) is 11.5 Å². The zero-order chi connectivity index (χ0) is 13.8. The number of nitrogens with zero attached hydrogens (tertiary/aromatic N) is 2. The number of hydrogen-bond donors (Lipinski definition) is 0. The van der Waals surface area contributed by atoms with E-state index in [0.717, 1.165) is 17.6 Å². The van der Waals surface area contributed by atoms with Crippen LogP contribution >= 0.6 is 0 Å². The Morgan fingerprint density at radius 2 is 2.00 bits per heavy atom. The molecule has 0 fully saturated rings. The predicted octanol–water partition coefficient (Wildman–Crippen LogP) is 3.82. The predicted molar refractivity (Wildman–Crippen MR) is 73.6 cm³/mol. The van der Waals surface area contributed by atoms with Crippen LogP contribution < -0.4 is 0 Å². The summed E-state index contributed by atoms with van der Waals surface area (Å²) in [5.41, 5.74) is 3.39. The highest BCUT2D eigenvalue weighted by atomic mass is 14.6. The third-order valence-corrected chi connectivity index (χ3v) is 4.87. The second-order valence-corrected chi connectivity index (χ2v) is 6.30. The van der Waals surface area contributed by atoms with Gasteiger partial charge in [0.05, 0.1) is 17.7 Å². The van der Waals surface area contributed by atoms with Gasteiger partial charge in [0.1, 0.15) is 5.41 Å². The zero-order valence-corrected chi connectivity index (χ0v) is 11.5. The van der Waals surface area contributed by atoms with E-state index in [2.05, 4.69) is 39.0 Å². The Morgan fingerprint density at radius 3 is 2.63 bits per heavy atom. The fourth-order valence-electron chi connectivity index (χ4n) is 3.68. The quantitative estimate of drug-likeness (QED) is 0.654. The van der Waals surface area contributed by atoms with Gasteiger partial charge in [-0.25, -0.2) is 0 Å². The first-order valence-corrected chi connectivity index (χ1v) is 6.64. The van der Waals surface area contributed by atoms with Gasteiger partial charge in [-0.15, -0.1) is 0 Å². The van der Waals surface area contributed by atoms with Crippen molar-refractivity contribution in [2.24, 2.45) is 16.7 Å². The Morgan fingerprint density at radius 1 is 1.26 bits per heavy atom. The monoisotopic (exact) mass is 248 g/mol. The summed E-state index contributed by atoms with van der Waals surface area (Å²) >= 11 is 0. The molecule has 0 aliphatic heterocycles. The Balaban J connectivity index is 2.36. The molecule has 0 aromatic rings. The first-order chi connectivity index (χ1) is 8.97. The molecule has 3 aliphatic rings. The fourth-order valence-corrected chi connectivity index (χ4v) is 3.68. The summed E-state index contributed by atoms with van der Waals surface area (Å²) in [4.78, 5) is 0. The smallest absolute Gasteiger partial charge is 0.107 e. The van der Waals surface area contributed by atoms with E-state index < -0.39 is 5.41 Å². The van der Waals surface area contributed by atoms with E-state index in [1.807, 2.05) is 18.2 Å². The minimum Gasteiger partial charge on any atom is -0.197 e. The maximum atomic E-state index is 9.82. The highest BCUT2D eigenvalue weighted by molar-refractivity contribution is 5.68. The second kappa shape index (κ2) is 3.49. The molecular weight excluding hydrogens is 232 g/mol. The van der Waals surface area contributed by atoms with Crippen molar-refractivity contribution in [3.05, 3.63) is 46.6 Å². The molecule has 0 aromatic carbocycles. The van der Waals surface area contributed by atoms with Crippen molar-refractivity contribution in [2.45, 2.75) is 27.2 Å². The van der Waals surface area contributed by atoms with Gasteiger partial charge in [-0.05, 0) is 35.0 Å². The van der Waals surface area contributed by atoms with Gasteiger partial charge in [0.2, 0.25) is 0 Å². The lowest BCUT2D eigenvalue weighted by Gasteiger charge is -2.38. The zero-order valence-electron chi connectivity index (χ0n) is 11.5. The van der Waals surface area contributed by atoms with Crippen molar-refractivity contribution >= 4 is 0 Å². The third kappa shape index (κ3) is 1.24. The molecule has 0 unspecified atom stereocenters. The van der Waals surface area contributed by atoms with E-state index in [-0.39, 0.29) is 5.41 Å². The molecule has 3 rings (SSSR count). The van der Waals surface area contributed by atoms with Gasteiger partial charge in [-0.3, -0.25) is 0 Å². The highest BCUT2D eigenvalue weighted by Gasteiger charge is 2.55. The Labute approximate surface area is 114 Å². The molecule has 3 aliphatic carbocycles. The molecule has 0 radical (unpaired) electrons. The van der Waals surface area contributed by atoms with Gasteiger partial charge in [0.15, 0.2) is 0 Å². The van der Waals surface area contributed by atoms with Crippen molar-refractivity contribution in [1.29, 1.82) is 10.5 Å². The van der Waals surface area contributed by atoms with Crippen LogP contribution in [-0.4, -0.2) is 0 Å². The SMILES string of the molecule is C[C@@H]1C=CC2=C(C#N)C=C[C@@]3(C#N)C2=C1CC3(C)C. The van der Waals surface area contributed by atoms with Crippen LogP contribution in [0.1, 0.15) is 27.2 Å². The van der Waals surface area contributed by atoms with Crippen LogP contribution in [0.5, 0.6) is 0 Å². The van der Waals surface area contributed by atoms with E-state index in [1.54, 1.807) is 0 Å². The van der Waals surface area contributed by atoms with Gasteiger partial charge in [0, 0.05) is 0 Å². The Kier molecular flexibility index (Phi) is 2.20. The molecule has 0 N–H and O–H groups in total. The summed E-state index contributed by atoms with van der Waals surface area (Å²) in [5.74, 6) is 0.361. The fraction of sp³-hybridized carbons (Fsp3) is 0.412. The number of allylic oxidation sites excluding steroid dienone is 8. The average Bonchev–Trinajstić information content (AvgIpc) is 2.64. The van der Waals surface area contributed by atoms with Crippen LogP contribution in [0.3, 0.4) is 0 Å². The summed E-state index contributed by atoms with van der Waals surface area (Å²) in [7, 11) is 0. The van der Waals surface area contributed by atoms with Gasteiger partial charge >= 0.3 is 0 Å². The van der Waals surface area contributed by atoms with E-state index in [9.17, 15) is 10.5 Å². The first kappa shape index (κ1) is 12.0. The summed E-state index contributed by atoms with van der Waals surface area (Å²) < 4.78 is 0. The molecule has 2 nitrogen and oxygen atoms in total. The third-order valence-electron chi connectivity index (χ3n) is 4.87. The largest absolute Gasteiger partial charge is 0.197 e. The van der Waals surface area contributed by atoms with E-state index in [1.165, 1.54) is 5.57 Å². The number of nitriles is 2. The lowest BCUT2D eigenvalue weighted by molar-refractivity contribution is 0.251. The van der Waals surface area contributed by atoms with Crippen molar-refractivity contribution in [3.63, 3.8) is 0 Å². The normalized spacial score (nSPS) is 34.1. The minimum atomic E-state index is -0.572. The van der Waals surface area contributed by atoms with Gasteiger partial charge in [-0.2, -0.15) is 10.5 Å². The summed E-state index contributed by atoms with van der Waals surface area (Å²) in [5, 5.41) is 19.1. The molecule has 2 heteroatoms. The first-order valence-electron chi connectivity index (χ1n) is 6.64. The number of hydrogen-bond acceptors (Lipinski definition) is 2. The molecule has 0 amide bonds. The molecule has 0 aromatic heterocycles. The molecule has 19 heavy (non-hydrogen) atoms. The van der Waals surface area contributed by atoms with Crippen LogP contribution in [0.4, 0.5) is 0 Å². The van der Waals surface area contributed by atoms with Gasteiger partial charge < -0.3 is 0 Å². The van der Waals surface area contributed by atoms with Crippen LogP contribution in [0.2, 0.25) is 0 Å². The summed E-state index contributed by atoms with van der Waals surface area (Å²) in [6, 6.07) is 4.79. The summed E-state index contributed by atoms with van der Waals surface area (Å²) in [6.07, 6.45) is 8.87. The van der Waals surface area contributed by atoms with Crippen molar-refractivity contribution in [2.75, 3.05) is 0 Å². The molecule has 2 atom stereocenters. The maximum Gasteiger partial charge on any atom is 0.107 e. The van der Waals surface area contributed by atoms with Crippen LogP contribution in [0.25, 0.3) is 0 Å². The molecule has 0 spiro atoms. The Bertz CT molecular complexity index is 671. The Hall–Kier alpha value is -2.06. The van der Waals surface area contributed by atoms with Crippen LogP contribution in [0.15, 0.2) is 46.6 Å². The average molecular weight is 248 g/mol. The van der Waals surface area contributed by atoms with Crippen molar-refractivity contribution in [3.8, 4) is 12.1 Å². The standard InChI is InChI=1S/C17H16N2/c1-11-4-5-13-12(9-18)6-7-17(10-19)15(13)14(11)8-16(17,2)3/h4-7,11H,8H2,1-3H3/t11-,17-/m1/s1. The molecule has 94 valence electrons. The molecule has 0 saturated carbocycles. The molecule has 0 heterocycles.